The summed E-state index contributed by atoms with van der Waals surface area (Å²) >= 11 is 0. The van der Waals surface area contributed by atoms with Crippen LogP contribution in [0.5, 0.6) is 0 Å². The van der Waals surface area contributed by atoms with Gasteiger partial charge in [-0.1, -0.05) is 6.92 Å². The summed E-state index contributed by atoms with van der Waals surface area (Å²) in [6.07, 6.45) is 2.13. The van der Waals surface area contributed by atoms with E-state index in [2.05, 4.69) is 50.3 Å². The second-order valence-electron chi connectivity index (χ2n) is 4.49. The minimum atomic E-state index is 0.308. The lowest BCUT2D eigenvalue weighted by molar-refractivity contribution is 0.373. The summed E-state index contributed by atoms with van der Waals surface area (Å²) in [5, 5.41) is 3.47. The van der Waals surface area contributed by atoms with E-state index in [1.165, 1.54) is 6.42 Å². The van der Waals surface area contributed by atoms with Crippen LogP contribution in [0, 0.1) is 0 Å². The second-order valence-corrected chi connectivity index (χ2v) is 4.49. The van der Waals surface area contributed by atoms with Crippen molar-refractivity contribution >= 4 is 0 Å². The molecule has 0 saturated carbocycles. The molecule has 0 amide bonds. The van der Waals surface area contributed by atoms with Crippen molar-refractivity contribution in [2.45, 2.75) is 32.7 Å². The monoisotopic (exact) mass is 224 g/mol. The van der Waals surface area contributed by atoms with Gasteiger partial charge in [-0.25, -0.2) is 0 Å². The summed E-state index contributed by atoms with van der Waals surface area (Å²) in [4.78, 5) is 2.20. The fraction of sp³-hybridized carbons (Fsp3) is 0.692. The van der Waals surface area contributed by atoms with Gasteiger partial charge in [0, 0.05) is 6.42 Å². The van der Waals surface area contributed by atoms with Gasteiger partial charge in [0.15, 0.2) is 0 Å². The first-order chi connectivity index (χ1) is 7.63. The van der Waals surface area contributed by atoms with E-state index in [-0.39, 0.29) is 0 Å². The molecule has 1 aromatic rings. The van der Waals surface area contributed by atoms with E-state index < -0.39 is 0 Å². The molecule has 0 fully saturated rings. The third-order valence-corrected chi connectivity index (χ3v) is 2.69. The molecule has 1 heterocycles. The van der Waals surface area contributed by atoms with Crippen LogP contribution in [0.4, 0.5) is 0 Å². The molecule has 92 valence electrons. The maximum Gasteiger partial charge on any atom is 0.120 e. The average molecular weight is 224 g/mol. The maximum absolute atomic E-state index is 5.70. The number of aryl methyl sites for hydroxylation is 1. The van der Waals surface area contributed by atoms with Crippen LogP contribution in [0.25, 0.3) is 0 Å². The Hall–Kier alpha value is -0.800. The van der Waals surface area contributed by atoms with Crippen LogP contribution in [-0.2, 0) is 6.42 Å². The third-order valence-electron chi connectivity index (χ3n) is 2.69. The topological polar surface area (TPSA) is 28.4 Å². The number of nitrogens with one attached hydrogen (secondary N) is 1. The maximum atomic E-state index is 5.70. The van der Waals surface area contributed by atoms with Crippen LogP contribution in [0.15, 0.2) is 16.5 Å². The Balaban J connectivity index is 2.26. The first-order valence-corrected chi connectivity index (χ1v) is 6.10. The van der Waals surface area contributed by atoms with E-state index >= 15 is 0 Å². The Kier molecular flexibility index (Phi) is 5.56. The van der Waals surface area contributed by atoms with Crippen LogP contribution < -0.4 is 5.32 Å². The first-order valence-electron chi connectivity index (χ1n) is 6.10. The first kappa shape index (κ1) is 13.3. The van der Waals surface area contributed by atoms with Crippen LogP contribution in [0.3, 0.4) is 0 Å². The van der Waals surface area contributed by atoms with Crippen molar-refractivity contribution in [3.8, 4) is 0 Å². The molecule has 0 aromatic carbocycles. The molecule has 0 saturated heterocycles. The zero-order valence-electron chi connectivity index (χ0n) is 10.9. The number of hydrogen-bond donors (Lipinski definition) is 1. The van der Waals surface area contributed by atoms with Crippen LogP contribution >= 0.6 is 0 Å². The number of nitrogens with zero attached hydrogens (tertiary/aromatic N) is 1. The van der Waals surface area contributed by atoms with E-state index in [1.54, 1.807) is 0 Å². The summed E-state index contributed by atoms with van der Waals surface area (Å²) in [5.74, 6) is 2.11. The summed E-state index contributed by atoms with van der Waals surface area (Å²) in [6.45, 7) is 6.41. The molecule has 1 unspecified atom stereocenters. The van der Waals surface area contributed by atoms with Gasteiger partial charge < -0.3 is 14.6 Å². The minimum Gasteiger partial charge on any atom is -0.464 e. The predicted molar refractivity (Wildman–Crippen MR) is 67.7 cm³/mol. The highest BCUT2D eigenvalue weighted by molar-refractivity contribution is 5.09. The summed E-state index contributed by atoms with van der Waals surface area (Å²) in [7, 11) is 4.20. The molecule has 0 radical (unpaired) electrons. The normalized spacial score (nSPS) is 13.3. The SMILES string of the molecule is CCc1ccc(C(C)NCCCN(C)C)o1. The van der Waals surface area contributed by atoms with Gasteiger partial charge in [0.05, 0.1) is 6.04 Å². The molecule has 0 aliphatic heterocycles. The summed E-state index contributed by atoms with van der Waals surface area (Å²) in [6, 6.07) is 4.44. The fourth-order valence-electron chi connectivity index (χ4n) is 1.63. The molecular weight excluding hydrogens is 200 g/mol. The standard InChI is InChI=1S/C13H24N2O/c1-5-12-7-8-13(16-12)11(2)14-9-6-10-15(3)4/h7-8,11,14H,5-6,9-10H2,1-4H3. The van der Waals surface area contributed by atoms with Crippen molar-refractivity contribution in [2.24, 2.45) is 0 Å². The van der Waals surface area contributed by atoms with Gasteiger partial charge >= 0.3 is 0 Å². The second kappa shape index (κ2) is 6.71. The molecule has 1 rings (SSSR count). The van der Waals surface area contributed by atoms with Crippen LogP contribution in [-0.4, -0.2) is 32.1 Å². The van der Waals surface area contributed by atoms with Crippen molar-refractivity contribution in [3.05, 3.63) is 23.7 Å². The molecule has 1 atom stereocenters. The lowest BCUT2D eigenvalue weighted by Gasteiger charge is -2.13. The highest BCUT2D eigenvalue weighted by Gasteiger charge is 2.08. The van der Waals surface area contributed by atoms with Crippen LogP contribution in [0.2, 0.25) is 0 Å². The van der Waals surface area contributed by atoms with E-state index in [9.17, 15) is 0 Å². The Labute approximate surface area is 98.8 Å². The molecule has 1 aromatic heterocycles. The van der Waals surface area contributed by atoms with Crippen molar-refractivity contribution in [3.63, 3.8) is 0 Å². The molecular formula is C13H24N2O. The van der Waals surface area contributed by atoms with Crippen molar-refractivity contribution in [1.82, 2.24) is 10.2 Å². The molecule has 0 aliphatic carbocycles. The van der Waals surface area contributed by atoms with E-state index in [4.69, 9.17) is 4.42 Å². The highest BCUT2D eigenvalue weighted by atomic mass is 16.3. The van der Waals surface area contributed by atoms with Crippen molar-refractivity contribution in [2.75, 3.05) is 27.2 Å². The lowest BCUT2D eigenvalue weighted by Crippen LogP contribution is -2.23. The van der Waals surface area contributed by atoms with Gasteiger partial charge in [-0.15, -0.1) is 0 Å². The molecule has 0 spiro atoms. The lowest BCUT2D eigenvalue weighted by atomic mass is 10.2. The van der Waals surface area contributed by atoms with Gasteiger partial charge in [-0.2, -0.15) is 0 Å². The Bertz CT molecular complexity index is 294. The van der Waals surface area contributed by atoms with Gasteiger partial charge in [0.2, 0.25) is 0 Å². The van der Waals surface area contributed by atoms with Gasteiger partial charge in [-0.05, 0) is 52.7 Å². The summed E-state index contributed by atoms with van der Waals surface area (Å²) < 4.78 is 5.70. The molecule has 0 bridgehead atoms. The number of furan rings is 1. The van der Waals surface area contributed by atoms with Crippen molar-refractivity contribution < 1.29 is 4.42 Å². The Morgan fingerprint density at radius 1 is 1.38 bits per heavy atom. The van der Waals surface area contributed by atoms with Crippen LogP contribution in [0.1, 0.15) is 37.8 Å². The van der Waals surface area contributed by atoms with E-state index in [1.807, 2.05) is 0 Å². The zero-order chi connectivity index (χ0) is 12.0. The predicted octanol–water partition coefficient (Wildman–Crippen LogP) is 2.44. The zero-order valence-corrected chi connectivity index (χ0v) is 10.9. The molecule has 3 heteroatoms. The fourth-order valence-corrected chi connectivity index (χ4v) is 1.63. The Morgan fingerprint density at radius 2 is 2.12 bits per heavy atom. The summed E-state index contributed by atoms with van der Waals surface area (Å²) in [5.41, 5.74) is 0. The largest absolute Gasteiger partial charge is 0.464 e. The smallest absolute Gasteiger partial charge is 0.120 e. The van der Waals surface area contributed by atoms with E-state index in [0.29, 0.717) is 6.04 Å². The highest BCUT2D eigenvalue weighted by Crippen LogP contribution is 2.16. The number of rotatable bonds is 7. The minimum absolute atomic E-state index is 0.308. The molecule has 16 heavy (non-hydrogen) atoms. The number of hydrogen-bond acceptors (Lipinski definition) is 3. The van der Waals surface area contributed by atoms with Gasteiger partial charge in [-0.3, -0.25) is 0 Å². The Morgan fingerprint density at radius 3 is 2.69 bits per heavy atom. The van der Waals surface area contributed by atoms with Gasteiger partial charge in [0.1, 0.15) is 11.5 Å². The molecule has 3 nitrogen and oxygen atoms in total. The molecule has 1 N–H and O–H groups in total. The van der Waals surface area contributed by atoms with Crippen molar-refractivity contribution in [1.29, 1.82) is 0 Å². The quantitative estimate of drug-likeness (QED) is 0.721. The third kappa shape index (κ3) is 4.37. The average Bonchev–Trinajstić information content (AvgIpc) is 2.72. The molecule has 0 aliphatic rings. The van der Waals surface area contributed by atoms with Gasteiger partial charge in [0.25, 0.3) is 0 Å². The van der Waals surface area contributed by atoms with E-state index in [0.717, 1.165) is 31.0 Å².